The lowest BCUT2D eigenvalue weighted by Gasteiger charge is -2.24. The fraction of sp³-hybridized carbons (Fsp3) is 0.333. The first kappa shape index (κ1) is 13.0. The van der Waals surface area contributed by atoms with Gasteiger partial charge in [-0.25, -0.2) is 4.39 Å². The van der Waals surface area contributed by atoms with Gasteiger partial charge in [-0.15, -0.1) is 0 Å². The molecule has 0 unspecified atom stereocenters. The van der Waals surface area contributed by atoms with Crippen LogP contribution in [0.2, 0.25) is 0 Å². The lowest BCUT2D eigenvalue weighted by atomic mass is 10.1. The Morgan fingerprint density at radius 2 is 2.24 bits per heavy atom. The van der Waals surface area contributed by atoms with Gasteiger partial charge < -0.3 is 10.0 Å². The van der Waals surface area contributed by atoms with E-state index in [4.69, 9.17) is 10.4 Å². The topological polar surface area (TPSA) is 64.3 Å². The average molecular weight is 236 g/mol. The lowest BCUT2D eigenvalue weighted by molar-refractivity contribution is 0.0726. The van der Waals surface area contributed by atoms with Gasteiger partial charge in [-0.05, 0) is 26.0 Å². The predicted molar refractivity (Wildman–Crippen MR) is 59.9 cm³/mol. The molecular formula is C12H13FN2O2. The number of hydrogen-bond donors (Lipinski definition) is 1. The molecule has 0 radical (unpaired) electrons. The molecule has 0 bridgehead atoms. The van der Waals surface area contributed by atoms with Crippen molar-refractivity contribution < 1.29 is 14.3 Å². The molecule has 1 aromatic rings. The number of carbonyl (C=O) groups excluding carboxylic acids is 1. The molecule has 1 rings (SSSR count). The van der Waals surface area contributed by atoms with Crippen molar-refractivity contribution in [3.8, 4) is 11.8 Å². The molecule has 0 saturated carbocycles. The van der Waals surface area contributed by atoms with Gasteiger partial charge in [0.25, 0.3) is 5.91 Å². The molecule has 0 aliphatic rings. The van der Waals surface area contributed by atoms with Gasteiger partial charge in [-0.3, -0.25) is 4.79 Å². The maximum atomic E-state index is 13.5. The third-order valence-electron chi connectivity index (χ3n) is 2.31. The summed E-state index contributed by atoms with van der Waals surface area (Å²) in [6, 6.07) is 4.98. The highest BCUT2D eigenvalue weighted by molar-refractivity contribution is 5.95. The second kappa shape index (κ2) is 5.30. The first-order chi connectivity index (χ1) is 7.97. The summed E-state index contributed by atoms with van der Waals surface area (Å²) in [5.41, 5.74) is -0.147. The highest BCUT2D eigenvalue weighted by atomic mass is 19.1. The summed E-state index contributed by atoms with van der Waals surface area (Å²) >= 11 is 0. The van der Waals surface area contributed by atoms with E-state index in [9.17, 15) is 9.18 Å². The molecular weight excluding hydrogens is 223 g/mol. The molecule has 5 heteroatoms. The largest absolute Gasteiger partial charge is 0.508 e. The van der Waals surface area contributed by atoms with Gasteiger partial charge in [-0.2, -0.15) is 5.26 Å². The zero-order valence-corrected chi connectivity index (χ0v) is 9.64. The first-order valence-electron chi connectivity index (χ1n) is 5.13. The number of phenolic OH excluding ortho intramolecular Hbond substituents is 1. The summed E-state index contributed by atoms with van der Waals surface area (Å²) in [5, 5.41) is 17.7. The van der Waals surface area contributed by atoms with Crippen molar-refractivity contribution in [3.05, 3.63) is 29.6 Å². The molecule has 1 amide bonds. The molecule has 0 heterocycles. The van der Waals surface area contributed by atoms with E-state index >= 15 is 0 Å². The van der Waals surface area contributed by atoms with Crippen LogP contribution in [0.5, 0.6) is 5.75 Å². The summed E-state index contributed by atoms with van der Waals surface area (Å²) < 4.78 is 13.5. The Morgan fingerprint density at radius 3 is 2.71 bits per heavy atom. The van der Waals surface area contributed by atoms with Gasteiger partial charge in [0.1, 0.15) is 18.1 Å². The second-order valence-electron chi connectivity index (χ2n) is 3.85. The molecule has 90 valence electrons. The number of halogens is 1. The third-order valence-corrected chi connectivity index (χ3v) is 2.31. The van der Waals surface area contributed by atoms with Crippen LogP contribution in [0.25, 0.3) is 0 Å². The van der Waals surface area contributed by atoms with Gasteiger partial charge in [-0.1, -0.05) is 0 Å². The average Bonchev–Trinajstić information content (AvgIpc) is 2.24. The fourth-order valence-electron chi connectivity index (χ4n) is 1.40. The zero-order valence-electron chi connectivity index (χ0n) is 9.64. The summed E-state index contributed by atoms with van der Waals surface area (Å²) in [4.78, 5) is 13.2. The van der Waals surface area contributed by atoms with Gasteiger partial charge in [0.15, 0.2) is 0 Å². The number of benzene rings is 1. The monoisotopic (exact) mass is 236 g/mol. The zero-order chi connectivity index (χ0) is 13.0. The Labute approximate surface area is 98.9 Å². The Morgan fingerprint density at radius 1 is 1.59 bits per heavy atom. The van der Waals surface area contributed by atoms with E-state index in [2.05, 4.69) is 0 Å². The van der Waals surface area contributed by atoms with Crippen LogP contribution in [0.3, 0.4) is 0 Å². The molecule has 0 aliphatic carbocycles. The molecule has 1 N–H and O–H groups in total. The van der Waals surface area contributed by atoms with Crippen LogP contribution in [-0.2, 0) is 0 Å². The number of carbonyl (C=O) groups is 1. The quantitative estimate of drug-likeness (QED) is 0.815. The minimum absolute atomic E-state index is 0.100. The van der Waals surface area contributed by atoms with E-state index < -0.39 is 11.7 Å². The van der Waals surface area contributed by atoms with Crippen LogP contribution >= 0.6 is 0 Å². The summed E-state index contributed by atoms with van der Waals surface area (Å²) in [6.07, 6.45) is 0. The van der Waals surface area contributed by atoms with Crippen LogP contribution in [0.4, 0.5) is 4.39 Å². The normalized spacial score (nSPS) is 10.1. The van der Waals surface area contributed by atoms with Crippen LogP contribution in [-0.4, -0.2) is 28.5 Å². The number of nitriles is 1. The van der Waals surface area contributed by atoms with Crippen molar-refractivity contribution in [2.45, 2.75) is 19.9 Å². The van der Waals surface area contributed by atoms with Gasteiger partial charge in [0.05, 0.1) is 11.6 Å². The molecule has 1 aromatic carbocycles. The van der Waals surface area contributed by atoms with Crippen molar-refractivity contribution in [2.75, 3.05) is 6.54 Å². The van der Waals surface area contributed by atoms with Crippen molar-refractivity contribution in [3.63, 3.8) is 0 Å². The third kappa shape index (κ3) is 2.94. The first-order valence-corrected chi connectivity index (χ1v) is 5.13. The van der Waals surface area contributed by atoms with E-state index in [1.807, 2.05) is 6.07 Å². The van der Waals surface area contributed by atoms with Crippen LogP contribution < -0.4 is 0 Å². The Bertz CT molecular complexity index is 466. The Balaban J connectivity index is 3.06. The SMILES string of the molecule is CC(C)N(CC#N)C(=O)c1ccc(O)cc1F. The maximum absolute atomic E-state index is 13.5. The number of hydrogen-bond acceptors (Lipinski definition) is 3. The standard InChI is InChI=1S/C12H13FN2O2/c1-8(2)15(6-5-14)12(17)10-4-3-9(16)7-11(10)13/h3-4,7-8,16H,6H2,1-2H3. The van der Waals surface area contributed by atoms with Crippen molar-refractivity contribution in [2.24, 2.45) is 0 Å². The predicted octanol–water partition coefficient (Wildman–Crippen LogP) is 1.91. The van der Waals surface area contributed by atoms with Gasteiger partial charge >= 0.3 is 0 Å². The summed E-state index contributed by atoms with van der Waals surface area (Å²) in [7, 11) is 0. The van der Waals surface area contributed by atoms with Crippen molar-refractivity contribution >= 4 is 5.91 Å². The Hall–Kier alpha value is -2.09. The highest BCUT2D eigenvalue weighted by Gasteiger charge is 2.21. The molecule has 0 saturated heterocycles. The molecule has 17 heavy (non-hydrogen) atoms. The van der Waals surface area contributed by atoms with E-state index in [1.165, 1.54) is 17.0 Å². The maximum Gasteiger partial charge on any atom is 0.257 e. The summed E-state index contributed by atoms with van der Waals surface area (Å²) in [5.74, 6) is -1.59. The highest BCUT2D eigenvalue weighted by Crippen LogP contribution is 2.17. The van der Waals surface area contributed by atoms with Crippen LogP contribution in [0.15, 0.2) is 18.2 Å². The minimum Gasteiger partial charge on any atom is -0.508 e. The Kier molecular flexibility index (Phi) is 4.05. The van der Waals surface area contributed by atoms with Crippen molar-refractivity contribution in [1.82, 2.24) is 4.90 Å². The van der Waals surface area contributed by atoms with Crippen LogP contribution in [0, 0.1) is 17.1 Å². The van der Waals surface area contributed by atoms with E-state index in [0.717, 1.165) is 6.07 Å². The van der Waals surface area contributed by atoms with Gasteiger partial charge in [0.2, 0.25) is 0 Å². The minimum atomic E-state index is -0.793. The number of nitrogens with zero attached hydrogens (tertiary/aromatic N) is 2. The smallest absolute Gasteiger partial charge is 0.257 e. The van der Waals surface area contributed by atoms with Crippen LogP contribution in [0.1, 0.15) is 24.2 Å². The number of amides is 1. The molecule has 0 fully saturated rings. The molecule has 0 atom stereocenters. The van der Waals surface area contributed by atoms with E-state index in [0.29, 0.717) is 0 Å². The molecule has 0 spiro atoms. The van der Waals surface area contributed by atoms with E-state index in [1.54, 1.807) is 13.8 Å². The fourth-order valence-corrected chi connectivity index (χ4v) is 1.40. The number of aromatic hydroxyl groups is 1. The summed E-state index contributed by atoms with van der Waals surface area (Å²) in [6.45, 7) is 3.39. The number of phenols is 1. The molecule has 0 aromatic heterocycles. The lowest BCUT2D eigenvalue weighted by Crippen LogP contribution is -2.37. The second-order valence-corrected chi connectivity index (χ2v) is 3.85. The van der Waals surface area contributed by atoms with Crippen molar-refractivity contribution in [1.29, 1.82) is 5.26 Å². The van der Waals surface area contributed by atoms with E-state index in [-0.39, 0.29) is 23.9 Å². The molecule has 4 nitrogen and oxygen atoms in total. The molecule has 0 aliphatic heterocycles. The number of rotatable bonds is 3. The van der Waals surface area contributed by atoms with Gasteiger partial charge in [0, 0.05) is 12.1 Å².